The SMILES string of the molecule is CCSCSCSCCOC(=O)CCSCSCSCCCOOCCSCSCO. The Kier molecular flexibility index (Phi) is 32.3. The zero-order valence-corrected chi connectivity index (χ0v) is 24.7. The molecule has 31 heavy (non-hydrogen) atoms. The first-order valence-electron chi connectivity index (χ1n) is 9.94. The third-order valence-corrected chi connectivity index (χ3v) is 12.2. The molecule has 1 N–H and O–H groups in total. The summed E-state index contributed by atoms with van der Waals surface area (Å²) in [6.07, 6.45) is 1.48. The van der Waals surface area contributed by atoms with Crippen LogP contribution in [0.2, 0.25) is 0 Å². The van der Waals surface area contributed by atoms with Crippen molar-refractivity contribution in [3.63, 3.8) is 0 Å². The van der Waals surface area contributed by atoms with Gasteiger partial charge in [0, 0.05) is 42.7 Å². The molecular formula is C18H36O5S8. The van der Waals surface area contributed by atoms with Crippen LogP contribution in [0.3, 0.4) is 0 Å². The molecule has 0 spiro atoms. The quantitative estimate of drug-likeness (QED) is 0.0430. The van der Waals surface area contributed by atoms with Gasteiger partial charge in [0.25, 0.3) is 0 Å². The lowest BCUT2D eigenvalue weighted by atomic mass is 10.5. The molecular weight excluding hydrogens is 553 g/mol. The number of ether oxygens (including phenoxy) is 1. The molecule has 0 aromatic carbocycles. The highest BCUT2D eigenvalue weighted by atomic mass is 32.2. The smallest absolute Gasteiger partial charge is 0.306 e. The van der Waals surface area contributed by atoms with Gasteiger partial charge in [-0.3, -0.25) is 4.79 Å². The molecule has 0 heterocycles. The van der Waals surface area contributed by atoms with Gasteiger partial charge in [0.05, 0.1) is 25.6 Å². The van der Waals surface area contributed by atoms with Gasteiger partial charge in [0.1, 0.15) is 6.61 Å². The molecule has 0 aliphatic rings. The number of rotatable bonds is 26. The highest BCUT2D eigenvalue weighted by Gasteiger charge is 2.03. The number of hydrogen-bond donors (Lipinski definition) is 1. The third kappa shape index (κ3) is 30.1. The summed E-state index contributed by atoms with van der Waals surface area (Å²) in [4.78, 5) is 21.9. The molecule has 0 aliphatic heterocycles. The Hall–Kier alpha value is 2.15. The standard InChI is InChI=1S/C18H36O5S8/c1-2-24-13-30-17-27-10-6-21-18(20)4-9-26-16-31-15-25-8-3-5-22-23-7-11-28-14-29-12-19/h19H,2-17H2,1H3. The fourth-order valence-corrected chi connectivity index (χ4v) is 9.59. The first-order chi connectivity index (χ1) is 15.3. The van der Waals surface area contributed by atoms with Crippen molar-refractivity contribution in [2.75, 3.05) is 79.9 Å². The van der Waals surface area contributed by atoms with E-state index in [1.54, 1.807) is 23.5 Å². The van der Waals surface area contributed by atoms with Crippen LogP contribution in [0.15, 0.2) is 0 Å². The van der Waals surface area contributed by atoms with E-state index in [2.05, 4.69) is 6.92 Å². The van der Waals surface area contributed by atoms with Crippen LogP contribution in [0, 0.1) is 0 Å². The van der Waals surface area contributed by atoms with Crippen molar-refractivity contribution in [2.24, 2.45) is 0 Å². The summed E-state index contributed by atoms with van der Waals surface area (Å²) in [5, 5.41) is 13.8. The summed E-state index contributed by atoms with van der Waals surface area (Å²) in [5.74, 6) is 4.92. The van der Waals surface area contributed by atoms with E-state index in [1.807, 2.05) is 58.8 Å². The average molecular weight is 589 g/mol. The Morgan fingerprint density at radius 1 is 0.677 bits per heavy atom. The summed E-state index contributed by atoms with van der Waals surface area (Å²) in [7, 11) is 0. The van der Waals surface area contributed by atoms with Crippen molar-refractivity contribution < 1.29 is 24.4 Å². The second-order valence-electron chi connectivity index (χ2n) is 5.42. The third-order valence-electron chi connectivity index (χ3n) is 2.98. The van der Waals surface area contributed by atoms with Crippen LogP contribution in [0.1, 0.15) is 19.8 Å². The van der Waals surface area contributed by atoms with Gasteiger partial charge in [-0.2, -0.15) is 35.3 Å². The first kappa shape index (κ1) is 33.1. The van der Waals surface area contributed by atoms with E-state index in [4.69, 9.17) is 19.6 Å². The number of hydrogen-bond acceptors (Lipinski definition) is 13. The average Bonchev–Trinajstić information content (AvgIpc) is 2.77. The van der Waals surface area contributed by atoms with Crippen LogP contribution < -0.4 is 0 Å². The number of aliphatic hydroxyl groups is 1. The Morgan fingerprint density at radius 3 is 1.97 bits per heavy atom. The highest BCUT2D eigenvalue weighted by Crippen LogP contribution is 2.19. The molecule has 0 rings (SSSR count). The zero-order valence-electron chi connectivity index (χ0n) is 18.2. The van der Waals surface area contributed by atoms with E-state index in [9.17, 15) is 4.79 Å². The van der Waals surface area contributed by atoms with Gasteiger partial charge < -0.3 is 9.84 Å². The maximum atomic E-state index is 11.7. The van der Waals surface area contributed by atoms with Crippen LogP contribution in [0.5, 0.6) is 0 Å². The van der Waals surface area contributed by atoms with Gasteiger partial charge in [-0.25, -0.2) is 9.78 Å². The van der Waals surface area contributed by atoms with Crippen molar-refractivity contribution in [1.82, 2.24) is 0 Å². The summed E-state index contributed by atoms with van der Waals surface area (Å²) in [6, 6.07) is 0. The molecule has 0 saturated heterocycles. The van der Waals surface area contributed by atoms with Crippen LogP contribution >= 0.6 is 94.1 Å². The minimum absolute atomic E-state index is 0.0773. The fourth-order valence-electron chi connectivity index (χ4n) is 1.59. The lowest BCUT2D eigenvalue weighted by Gasteiger charge is -2.05. The first-order valence-corrected chi connectivity index (χ1v) is 19.2. The molecule has 0 fully saturated rings. The number of thioether (sulfide) groups is 8. The van der Waals surface area contributed by atoms with E-state index in [0.29, 0.717) is 26.2 Å². The van der Waals surface area contributed by atoms with Crippen molar-refractivity contribution in [1.29, 1.82) is 0 Å². The predicted molar refractivity (Wildman–Crippen MR) is 154 cm³/mol. The lowest BCUT2D eigenvalue weighted by molar-refractivity contribution is -0.289. The van der Waals surface area contributed by atoms with Gasteiger partial charge in [0.15, 0.2) is 0 Å². The molecule has 0 atom stereocenters. The number of carbonyl (C=O) groups excluding carboxylic acids is 1. The maximum Gasteiger partial charge on any atom is 0.306 e. The summed E-state index contributed by atoms with van der Waals surface area (Å²) in [6.45, 7) is 3.91. The molecule has 0 aromatic heterocycles. The van der Waals surface area contributed by atoms with Crippen LogP contribution in [-0.2, 0) is 19.3 Å². The molecule has 0 unspecified atom stereocenters. The number of aliphatic hydroxyl groups excluding tert-OH is 1. The molecule has 5 nitrogen and oxygen atoms in total. The number of esters is 1. The van der Waals surface area contributed by atoms with Crippen molar-refractivity contribution in [2.45, 2.75) is 19.8 Å². The van der Waals surface area contributed by atoms with E-state index in [1.165, 1.54) is 17.5 Å². The lowest BCUT2D eigenvalue weighted by Crippen LogP contribution is -2.08. The van der Waals surface area contributed by atoms with Gasteiger partial charge in [-0.15, -0.1) is 58.8 Å². The monoisotopic (exact) mass is 588 g/mol. The van der Waals surface area contributed by atoms with Gasteiger partial charge in [-0.1, -0.05) is 6.92 Å². The van der Waals surface area contributed by atoms with E-state index in [-0.39, 0.29) is 11.9 Å². The topological polar surface area (TPSA) is 65.0 Å². The largest absolute Gasteiger partial charge is 0.465 e. The fraction of sp³-hybridized carbons (Fsp3) is 0.944. The highest BCUT2D eigenvalue weighted by molar-refractivity contribution is 8.23. The molecule has 186 valence electrons. The second-order valence-corrected chi connectivity index (χ2v) is 15.9. The number of carbonyl (C=O) groups is 1. The molecule has 0 aliphatic carbocycles. The van der Waals surface area contributed by atoms with Crippen LogP contribution in [0.25, 0.3) is 0 Å². The molecule has 0 bridgehead atoms. The summed E-state index contributed by atoms with van der Waals surface area (Å²) in [5.41, 5.74) is 0. The predicted octanol–water partition coefficient (Wildman–Crippen LogP) is 5.88. The van der Waals surface area contributed by atoms with Crippen LogP contribution in [0.4, 0.5) is 0 Å². The Bertz CT molecular complexity index is 372. The zero-order chi connectivity index (χ0) is 22.7. The molecule has 0 aromatic rings. The van der Waals surface area contributed by atoms with E-state index < -0.39 is 0 Å². The summed E-state index contributed by atoms with van der Waals surface area (Å²) < 4.78 is 5.27. The second kappa shape index (κ2) is 30.2. The van der Waals surface area contributed by atoms with E-state index in [0.717, 1.165) is 54.9 Å². The minimum atomic E-state index is -0.0773. The minimum Gasteiger partial charge on any atom is -0.465 e. The van der Waals surface area contributed by atoms with Gasteiger partial charge in [0.2, 0.25) is 0 Å². The van der Waals surface area contributed by atoms with Gasteiger partial charge in [-0.05, 0) is 17.9 Å². The maximum absolute atomic E-state index is 11.7. The Morgan fingerprint density at radius 2 is 1.26 bits per heavy atom. The van der Waals surface area contributed by atoms with Crippen LogP contribution in [-0.4, -0.2) is 91.0 Å². The Labute approximate surface area is 222 Å². The van der Waals surface area contributed by atoms with Crippen molar-refractivity contribution in [3.05, 3.63) is 0 Å². The molecule has 0 saturated carbocycles. The van der Waals surface area contributed by atoms with Crippen molar-refractivity contribution in [3.8, 4) is 0 Å². The molecule has 0 amide bonds. The normalized spacial score (nSPS) is 11.2. The molecule has 13 heteroatoms. The van der Waals surface area contributed by atoms with Gasteiger partial charge >= 0.3 is 5.97 Å². The summed E-state index contributed by atoms with van der Waals surface area (Å²) >= 11 is 14.5. The van der Waals surface area contributed by atoms with Crippen molar-refractivity contribution >= 4 is 100 Å². The molecule has 0 radical (unpaired) electrons. The Balaban J connectivity index is 3.11. The van der Waals surface area contributed by atoms with E-state index >= 15 is 0 Å².